The summed E-state index contributed by atoms with van der Waals surface area (Å²) >= 11 is 0. The predicted molar refractivity (Wildman–Crippen MR) is 128 cm³/mol. The average molecular weight is 427 g/mol. The summed E-state index contributed by atoms with van der Waals surface area (Å²) in [6, 6.07) is 22.5. The van der Waals surface area contributed by atoms with Crippen molar-refractivity contribution in [2.24, 2.45) is 0 Å². The largest absolute Gasteiger partial charge is 0.494 e. The van der Waals surface area contributed by atoms with Crippen molar-refractivity contribution in [1.29, 1.82) is 0 Å². The molecule has 0 N–H and O–H groups in total. The Morgan fingerprint density at radius 3 is 2.19 bits per heavy atom. The fourth-order valence-electron chi connectivity index (χ4n) is 3.95. The van der Waals surface area contributed by atoms with E-state index in [2.05, 4.69) is 0 Å². The summed E-state index contributed by atoms with van der Waals surface area (Å²) in [7, 11) is 1.82. The van der Waals surface area contributed by atoms with Gasteiger partial charge in [0.25, 0.3) is 11.8 Å². The van der Waals surface area contributed by atoms with E-state index in [0.717, 1.165) is 22.6 Å². The van der Waals surface area contributed by atoms with Crippen molar-refractivity contribution in [2.75, 3.05) is 23.5 Å². The minimum atomic E-state index is -0.334. The lowest BCUT2D eigenvalue weighted by Gasteiger charge is -2.22. The predicted octanol–water partition coefficient (Wildman–Crippen LogP) is 5.12. The Morgan fingerprint density at radius 2 is 1.53 bits per heavy atom. The number of likely N-dealkylation sites (N-methyl/N-ethyl adjacent to an activating group) is 1. The SMILES string of the molecule is CCOc1ccc(C2=C(N(C)c3ccccc3)C(=O)N(c3cccc(C)c3C)C2=O)cc1. The highest BCUT2D eigenvalue weighted by Crippen LogP contribution is 2.38. The van der Waals surface area contributed by atoms with Crippen LogP contribution in [0.2, 0.25) is 0 Å². The maximum Gasteiger partial charge on any atom is 0.282 e. The lowest BCUT2D eigenvalue weighted by molar-refractivity contribution is -0.120. The fraction of sp³-hybridized carbons (Fsp3) is 0.185. The number of benzene rings is 3. The number of ether oxygens (including phenoxy) is 1. The van der Waals surface area contributed by atoms with E-state index < -0.39 is 0 Å². The van der Waals surface area contributed by atoms with Gasteiger partial charge in [0.1, 0.15) is 11.4 Å². The van der Waals surface area contributed by atoms with E-state index in [4.69, 9.17) is 4.74 Å². The van der Waals surface area contributed by atoms with Gasteiger partial charge in [-0.2, -0.15) is 0 Å². The molecule has 0 saturated carbocycles. The molecule has 0 bridgehead atoms. The van der Waals surface area contributed by atoms with Gasteiger partial charge in [-0.1, -0.05) is 42.5 Å². The van der Waals surface area contributed by atoms with Crippen LogP contribution in [0.15, 0.2) is 78.5 Å². The molecule has 0 aromatic heterocycles. The van der Waals surface area contributed by atoms with Crippen LogP contribution in [0.1, 0.15) is 23.6 Å². The molecule has 2 amide bonds. The van der Waals surface area contributed by atoms with E-state index in [0.29, 0.717) is 29.1 Å². The highest BCUT2D eigenvalue weighted by Gasteiger charge is 2.42. The molecule has 5 heteroatoms. The van der Waals surface area contributed by atoms with Crippen LogP contribution in [0.5, 0.6) is 5.75 Å². The molecule has 0 aliphatic carbocycles. The van der Waals surface area contributed by atoms with E-state index in [1.54, 1.807) is 4.90 Å². The van der Waals surface area contributed by atoms with Gasteiger partial charge < -0.3 is 9.64 Å². The van der Waals surface area contributed by atoms with Gasteiger partial charge in [-0.05, 0) is 67.8 Å². The van der Waals surface area contributed by atoms with Crippen LogP contribution >= 0.6 is 0 Å². The lowest BCUT2D eigenvalue weighted by Crippen LogP contribution is -2.34. The molecule has 5 nitrogen and oxygen atoms in total. The number of rotatable bonds is 6. The Balaban J connectivity index is 1.87. The molecule has 1 aliphatic heterocycles. The smallest absolute Gasteiger partial charge is 0.282 e. The van der Waals surface area contributed by atoms with Crippen LogP contribution in [0.3, 0.4) is 0 Å². The number of para-hydroxylation sites is 1. The maximum absolute atomic E-state index is 13.7. The van der Waals surface area contributed by atoms with Crippen LogP contribution in [0.25, 0.3) is 5.57 Å². The maximum atomic E-state index is 13.7. The van der Waals surface area contributed by atoms with Crippen LogP contribution < -0.4 is 14.5 Å². The summed E-state index contributed by atoms with van der Waals surface area (Å²) in [5, 5.41) is 0. The molecule has 1 heterocycles. The Hall–Kier alpha value is -3.86. The minimum Gasteiger partial charge on any atom is -0.494 e. The number of carbonyl (C=O) groups is 2. The number of amides is 2. The molecule has 162 valence electrons. The van der Waals surface area contributed by atoms with Gasteiger partial charge in [0.2, 0.25) is 0 Å². The third-order valence-corrected chi connectivity index (χ3v) is 5.81. The standard InChI is InChI=1S/C27H26N2O3/c1-5-32-22-16-14-20(15-17-22)24-25(28(4)21-11-7-6-8-12-21)27(31)29(26(24)30)23-13-9-10-18(2)19(23)3/h6-17H,5H2,1-4H3. The molecular formula is C27H26N2O3. The third-order valence-electron chi connectivity index (χ3n) is 5.81. The second kappa shape index (κ2) is 8.71. The van der Waals surface area contributed by atoms with Gasteiger partial charge in [0, 0.05) is 12.7 Å². The van der Waals surface area contributed by atoms with Gasteiger partial charge in [-0.25, -0.2) is 4.90 Å². The summed E-state index contributed by atoms with van der Waals surface area (Å²) in [4.78, 5) is 30.5. The van der Waals surface area contributed by atoms with Crippen molar-refractivity contribution < 1.29 is 14.3 Å². The Labute approximate surface area is 188 Å². The van der Waals surface area contributed by atoms with Crippen molar-refractivity contribution in [2.45, 2.75) is 20.8 Å². The molecular weight excluding hydrogens is 400 g/mol. The van der Waals surface area contributed by atoms with Crippen molar-refractivity contribution in [3.8, 4) is 5.75 Å². The number of aryl methyl sites for hydroxylation is 1. The highest BCUT2D eigenvalue weighted by atomic mass is 16.5. The summed E-state index contributed by atoms with van der Waals surface area (Å²) in [5.41, 5.74) is 4.78. The number of hydrogen-bond donors (Lipinski definition) is 0. The molecule has 3 aromatic carbocycles. The average Bonchev–Trinajstić information content (AvgIpc) is 3.06. The van der Waals surface area contributed by atoms with Gasteiger partial charge in [0.05, 0.1) is 17.9 Å². The first-order valence-electron chi connectivity index (χ1n) is 10.6. The second-order valence-corrected chi connectivity index (χ2v) is 7.74. The molecule has 0 saturated heterocycles. The number of carbonyl (C=O) groups excluding carboxylic acids is 2. The summed E-state index contributed by atoms with van der Waals surface area (Å²) < 4.78 is 5.55. The van der Waals surface area contributed by atoms with E-state index in [9.17, 15) is 9.59 Å². The van der Waals surface area contributed by atoms with E-state index >= 15 is 0 Å². The molecule has 3 aromatic rings. The minimum absolute atomic E-state index is 0.328. The highest BCUT2D eigenvalue weighted by molar-refractivity contribution is 6.46. The van der Waals surface area contributed by atoms with Gasteiger partial charge in [-0.15, -0.1) is 0 Å². The summed E-state index contributed by atoms with van der Waals surface area (Å²) in [5.74, 6) is 0.0579. The molecule has 0 spiro atoms. The number of nitrogens with zero attached hydrogens (tertiary/aromatic N) is 2. The topological polar surface area (TPSA) is 49.9 Å². The van der Waals surface area contributed by atoms with Crippen LogP contribution in [-0.2, 0) is 9.59 Å². The van der Waals surface area contributed by atoms with Crippen LogP contribution in [0.4, 0.5) is 11.4 Å². The van der Waals surface area contributed by atoms with Crippen molar-refractivity contribution in [3.05, 3.63) is 95.2 Å². The molecule has 0 atom stereocenters. The van der Waals surface area contributed by atoms with Crippen LogP contribution in [0, 0.1) is 13.8 Å². The zero-order valence-corrected chi connectivity index (χ0v) is 18.8. The van der Waals surface area contributed by atoms with Gasteiger partial charge in [-0.3, -0.25) is 9.59 Å². The quantitative estimate of drug-likeness (QED) is 0.513. The Morgan fingerprint density at radius 1 is 0.844 bits per heavy atom. The lowest BCUT2D eigenvalue weighted by atomic mass is 10.0. The van der Waals surface area contributed by atoms with Crippen LogP contribution in [-0.4, -0.2) is 25.5 Å². The Kier molecular flexibility index (Phi) is 5.82. The molecule has 4 rings (SSSR count). The van der Waals surface area contributed by atoms with Gasteiger partial charge >= 0.3 is 0 Å². The summed E-state index contributed by atoms with van der Waals surface area (Å²) in [6.07, 6.45) is 0. The molecule has 0 unspecified atom stereocenters. The zero-order chi connectivity index (χ0) is 22.8. The molecule has 32 heavy (non-hydrogen) atoms. The normalized spacial score (nSPS) is 13.7. The summed E-state index contributed by atoms with van der Waals surface area (Å²) in [6.45, 7) is 6.38. The van der Waals surface area contributed by atoms with Crippen molar-refractivity contribution in [1.82, 2.24) is 0 Å². The number of anilines is 2. The number of imide groups is 1. The molecule has 0 radical (unpaired) electrons. The second-order valence-electron chi connectivity index (χ2n) is 7.74. The first kappa shape index (κ1) is 21.4. The van der Waals surface area contributed by atoms with E-state index in [-0.39, 0.29) is 11.8 Å². The molecule has 1 aliphatic rings. The Bertz CT molecular complexity index is 1200. The third kappa shape index (κ3) is 3.66. The monoisotopic (exact) mass is 426 g/mol. The van der Waals surface area contributed by atoms with Gasteiger partial charge in [0.15, 0.2) is 0 Å². The molecule has 0 fully saturated rings. The first-order valence-corrected chi connectivity index (χ1v) is 10.6. The fourth-order valence-corrected chi connectivity index (χ4v) is 3.95. The zero-order valence-electron chi connectivity index (χ0n) is 18.8. The first-order chi connectivity index (χ1) is 15.4. The number of hydrogen-bond acceptors (Lipinski definition) is 4. The van der Waals surface area contributed by atoms with Crippen molar-refractivity contribution >= 4 is 28.8 Å². The van der Waals surface area contributed by atoms with Crippen molar-refractivity contribution in [3.63, 3.8) is 0 Å². The van der Waals surface area contributed by atoms with E-state index in [1.165, 1.54) is 4.90 Å². The van der Waals surface area contributed by atoms with E-state index in [1.807, 2.05) is 101 Å².